The molecule has 1 aromatic rings. The summed E-state index contributed by atoms with van der Waals surface area (Å²) in [5.41, 5.74) is 0.401. The van der Waals surface area contributed by atoms with Crippen LogP contribution in [0.3, 0.4) is 0 Å². The summed E-state index contributed by atoms with van der Waals surface area (Å²) in [6.45, 7) is 5.93. The smallest absolute Gasteiger partial charge is 0.214 e. The van der Waals surface area contributed by atoms with Crippen molar-refractivity contribution in [2.75, 3.05) is 19.5 Å². The summed E-state index contributed by atoms with van der Waals surface area (Å²) in [6.07, 6.45) is 0. The van der Waals surface area contributed by atoms with E-state index in [1.54, 1.807) is 12.1 Å². The third-order valence-electron chi connectivity index (χ3n) is 2.92. The zero-order valence-corrected chi connectivity index (χ0v) is 13.1. The number of hydrogen-bond donors (Lipinski definition) is 1. The van der Waals surface area contributed by atoms with Gasteiger partial charge in [-0.15, -0.1) is 0 Å². The van der Waals surface area contributed by atoms with E-state index < -0.39 is 16.1 Å². The van der Waals surface area contributed by atoms with E-state index in [2.05, 4.69) is 4.72 Å². The number of ether oxygens (including phenoxy) is 1. The van der Waals surface area contributed by atoms with E-state index in [1.807, 2.05) is 20.8 Å². The average molecular weight is 303 g/mol. The van der Waals surface area contributed by atoms with Crippen molar-refractivity contribution in [1.82, 2.24) is 4.72 Å². The zero-order chi connectivity index (χ0) is 15.4. The minimum Gasteiger partial charge on any atom is -0.384 e. The molecule has 0 aliphatic rings. The van der Waals surface area contributed by atoms with Gasteiger partial charge < -0.3 is 4.74 Å². The van der Waals surface area contributed by atoms with Crippen LogP contribution in [-0.2, 0) is 14.8 Å². The number of sulfonamides is 1. The van der Waals surface area contributed by atoms with Crippen molar-refractivity contribution >= 4 is 10.0 Å². The van der Waals surface area contributed by atoms with Crippen LogP contribution in [0.4, 0.5) is 4.39 Å². The summed E-state index contributed by atoms with van der Waals surface area (Å²) in [7, 11) is -2.00. The number of hydrogen-bond acceptors (Lipinski definition) is 3. The van der Waals surface area contributed by atoms with Gasteiger partial charge >= 0.3 is 0 Å². The summed E-state index contributed by atoms with van der Waals surface area (Å²) >= 11 is 0. The third kappa shape index (κ3) is 5.19. The summed E-state index contributed by atoms with van der Waals surface area (Å²) < 4.78 is 44.5. The Morgan fingerprint density at radius 2 is 1.80 bits per heavy atom. The van der Waals surface area contributed by atoms with E-state index >= 15 is 0 Å². The van der Waals surface area contributed by atoms with Gasteiger partial charge in [0.15, 0.2) is 0 Å². The Morgan fingerprint density at radius 1 is 1.25 bits per heavy atom. The highest BCUT2D eigenvalue weighted by Crippen LogP contribution is 2.33. The van der Waals surface area contributed by atoms with Crippen molar-refractivity contribution in [3.05, 3.63) is 35.6 Å². The van der Waals surface area contributed by atoms with Gasteiger partial charge in [0.05, 0.1) is 18.4 Å². The van der Waals surface area contributed by atoms with Crippen molar-refractivity contribution in [2.24, 2.45) is 5.41 Å². The molecule has 114 valence electrons. The second-order valence-electron chi connectivity index (χ2n) is 5.78. The lowest BCUT2D eigenvalue weighted by molar-refractivity contribution is 0.216. The Morgan fingerprint density at radius 3 is 2.25 bits per heavy atom. The van der Waals surface area contributed by atoms with Crippen LogP contribution in [0.15, 0.2) is 24.3 Å². The highest BCUT2D eigenvalue weighted by Gasteiger charge is 2.30. The Hall–Kier alpha value is -0.980. The zero-order valence-electron chi connectivity index (χ0n) is 12.3. The van der Waals surface area contributed by atoms with Gasteiger partial charge in [-0.3, -0.25) is 0 Å². The highest BCUT2D eigenvalue weighted by molar-refractivity contribution is 7.89. The lowest BCUT2D eigenvalue weighted by atomic mass is 9.83. The number of benzene rings is 1. The van der Waals surface area contributed by atoms with Crippen LogP contribution in [-0.4, -0.2) is 27.9 Å². The van der Waals surface area contributed by atoms with E-state index in [0.717, 1.165) is 5.56 Å². The van der Waals surface area contributed by atoms with Crippen LogP contribution >= 0.6 is 0 Å². The number of rotatable bonds is 6. The van der Waals surface area contributed by atoms with Crippen LogP contribution in [0, 0.1) is 11.2 Å². The van der Waals surface area contributed by atoms with E-state index in [-0.39, 0.29) is 23.6 Å². The molecule has 1 N–H and O–H groups in total. The molecule has 1 aromatic carbocycles. The first-order valence-electron chi connectivity index (χ1n) is 6.40. The average Bonchev–Trinajstić information content (AvgIpc) is 2.34. The molecule has 0 saturated heterocycles. The van der Waals surface area contributed by atoms with Crippen molar-refractivity contribution in [2.45, 2.75) is 26.8 Å². The first-order valence-corrected chi connectivity index (χ1v) is 8.05. The van der Waals surface area contributed by atoms with E-state index in [0.29, 0.717) is 0 Å². The molecule has 0 spiro atoms. The fourth-order valence-corrected chi connectivity index (χ4v) is 3.18. The fourth-order valence-electron chi connectivity index (χ4n) is 1.83. The standard InChI is InChI=1S/C14H22FNO3S/c1-14(2,3)13(11-5-7-12(15)8-6-11)16-20(17,18)10-9-19-4/h5-8,13,16H,9-10H2,1-4H3/t13-/m0/s1. The molecule has 0 amide bonds. The predicted octanol–water partition coefficient (Wildman–Crippen LogP) is 2.48. The van der Waals surface area contributed by atoms with Crippen molar-refractivity contribution in [1.29, 1.82) is 0 Å². The normalized spacial score (nSPS) is 14.2. The van der Waals surface area contributed by atoms with Gasteiger partial charge in [0.2, 0.25) is 10.0 Å². The van der Waals surface area contributed by atoms with Gasteiger partial charge in [0, 0.05) is 7.11 Å². The second-order valence-corrected chi connectivity index (χ2v) is 7.65. The molecule has 0 heterocycles. The summed E-state index contributed by atoms with van der Waals surface area (Å²) in [4.78, 5) is 0. The maximum atomic E-state index is 13.0. The SMILES string of the molecule is COCCS(=O)(=O)N[C@@H](c1ccc(F)cc1)C(C)(C)C. The topological polar surface area (TPSA) is 55.4 Å². The minimum absolute atomic E-state index is 0.0999. The van der Waals surface area contributed by atoms with Crippen LogP contribution in [0.25, 0.3) is 0 Å². The largest absolute Gasteiger partial charge is 0.384 e. The molecule has 0 aliphatic carbocycles. The number of methoxy groups -OCH3 is 1. The molecule has 6 heteroatoms. The van der Waals surface area contributed by atoms with Crippen LogP contribution < -0.4 is 4.72 Å². The molecular weight excluding hydrogens is 281 g/mol. The van der Waals surface area contributed by atoms with Gasteiger partial charge in [0.25, 0.3) is 0 Å². The van der Waals surface area contributed by atoms with Gasteiger partial charge in [-0.2, -0.15) is 0 Å². The van der Waals surface area contributed by atoms with Crippen molar-refractivity contribution in [3.8, 4) is 0 Å². The maximum absolute atomic E-state index is 13.0. The number of halogens is 1. The first kappa shape index (κ1) is 17.1. The fraction of sp³-hybridized carbons (Fsp3) is 0.571. The van der Waals surface area contributed by atoms with Crippen LogP contribution in [0.5, 0.6) is 0 Å². The van der Waals surface area contributed by atoms with Crippen LogP contribution in [0.2, 0.25) is 0 Å². The predicted molar refractivity (Wildman–Crippen MR) is 77.4 cm³/mol. The lowest BCUT2D eigenvalue weighted by Crippen LogP contribution is -2.38. The molecule has 0 unspecified atom stereocenters. The van der Waals surface area contributed by atoms with Gasteiger partial charge in [0.1, 0.15) is 5.82 Å². The molecule has 0 saturated carbocycles. The third-order valence-corrected chi connectivity index (χ3v) is 4.22. The molecule has 4 nitrogen and oxygen atoms in total. The molecule has 1 rings (SSSR count). The molecule has 0 aromatic heterocycles. The van der Waals surface area contributed by atoms with Gasteiger partial charge in [-0.1, -0.05) is 32.9 Å². The van der Waals surface area contributed by atoms with Crippen molar-refractivity contribution in [3.63, 3.8) is 0 Å². The van der Waals surface area contributed by atoms with E-state index in [9.17, 15) is 12.8 Å². The summed E-state index contributed by atoms with van der Waals surface area (Å²) in [5.74, 6) is -0.444. The Kier molecular flexibility index (Phi) is 5.68. The Balaban J connectivity index is 3.00. The lowest BCUT2D eigenvalue weighted by Gasteiger charge is -2.31. The first-order chi connectivity index (χ1) is 9.15. The Bertz CT molecular complexity index is 520. The Labute approximate surface area is 120 Å². The molecule has 0 aliphatic heterocycles. The van der Waals surface area contributed by atoms with Gasteiger partial charge in [-0.25, -0.2) is 17.5 Å². The molecule has 20 heavy (non-hydrogen) atoms. The summed E-state index contributed by atoms with van der Waals surface area (Å²) in [5, 5.41) is 0. The monoisotopic (exact) mass is 303 g/mol. The molecule has 0 radical (unpaired) electrons. The highest BCUT2D eigenvalue weighted by atomic mass is 32.2. The number of nitrogens with one attached hydrogen (secondary N) is 1. The maximum Gasteiger partial charge on any atom is 0.214 e. The van der Waals surface area contributed by atoms with Gasteiger partial charge in [-0.05, 0) is 23.1 Å². The molecule has 1 atom stereocenters. The molecular formula is C14H22FNO3S. The van der Waals surface area contributed by atoms with Crippen LogP contribution in [0.1, 0.15) is 32.4 Å². The second kappa shape index (κ2) is 6.65. The minimum atomic E-state index is -3.45. The summed E-state index contributed by atoms with van der Waals surface area (Å²) in [6, 6.07) is 5.44. The molecule has 0 fully saturated rings. The van der Waals surface area contributed by atoms with Crippen molar-refractivity contribution < 1.29 is 17.5 Å². The van der Waals surface area contributed by atoms with E-state index in [4.69, 9.17) is 4.74 Å². The van der Waals surface area contributed by atoms with E-state index in [1.165, 1.54) is 19.2 Å². The quantitative estimate of drug-likeness (QED) is 0.878. The molecule has 0 bridgehead atoms.